The van der Waals surface area contributed by atoms with E-state index in [1.807, 2.05) is 30.3 Å². The number of rotatable bonds is 1. The Hall–Kier alpha value is -1.94. The summed E-state index contributed by atoms with van der Waals surface area (Å²) in [5.41, 5.74) is 5.79. The van der Waals surface area contributed by atoms with E-state index in [1.165, 1.54) is 17.4 Å². The summed E-state index contributed by atoms with van der Waals surface area (Å²) < 4.78 is 27.9. The molecule has 0 unspecified atom stereocenters. The number of halogens is 2. The lowest BCUT2D eigenvalue weighted by Gasteiger charge is -2.02. The largest absolute Gasteiger partial charge is 0.396 e. The first-order valence-electron chi connectivity index (χ1n) is 5.38. The molecule has 0 atom stereocenters. The van der Waals surface area contributed by atoms with E-state index in [4.69, 9.17) is 5.73 Å². The molecule has 0 saturated carbocycles. The first-order chi connectivity index (χ1) is 8.65. The van der Waals surface area contributed by atoms with Crippen molar-refractivity contribution in [1.29, 1.82) is 0 Å². The number of benzene rings is 2. The number of nitrogens with two attached hydrogens (primary N) is 1. The average molecular weight is 261 g/mol. The van der Waals surface area contributed by atoms with Gasteiger partial charge in [-0.2, -0.15) is 0 Å². The molecule has 1 nitrogen and oxygen atoms in total. The Bertz CT molecular complexity index is 701. The molecule has 0 aliphatic heterocycles. The van der Waals surface area contributed by atoms with Gasteiger partial charge >= 0.3 is 0 Å². The number of fused-ring (bicyclic) bond motifs is 1. The van der Waals surface area contributed by atoms with Crippen molar-refractivity contribution in [3.63, 3.8) is 0 Å². The highest BCUT2D eigenvalue weighted by Crippen LogP contribution is 2.36. The van der Waals surface area contributed by atoms with Crippen LogP contribution in [0.1, 0.15) is 0 Å². The van der Waals surface area contributed by atoms with Crippen molar-refractivity contribution in [2.45, 2.75) is 0 Å². The van der Waals surface area contributed by atoms with Gasteiger partial charge in [0.1, 0.15) is 11.6 Å². The molecule has 2 N–H and O–H groups in total. The molecule has 0 saturated heterocycles. The average Bonchev–Trinajstić information content (AvgIpc) is 2.77. The molecule has 2 aromatic carbocycles. The lowest BCUT2D eigenvalue weighted by atomic mass is 10.1. The third-order valence-electron chi connectivity index (χ3n) is 2.78. The quantitative estimate of drug-likeness (QED) is 0.644. The van der Waals surface area contributed by atoms with E-state index in [-0.39, 0.29) is 5.69 Å². The summed E-state index contributed by atoms with van der Waals surface area (Å²) in [6.07, 6.45) is 0. The van der Waals surface area contributed by atoms with Crippen molar-refractivity contribution in [3.05, 3.63) is 54.1 Å². The molecule has 0 aliphatic rings. The normalized spacial score (nSPS) is 11.0. The van der Waals surface area contributed by atoms with Crippen molar-refractivity contribution in [3.8, 4) is 10.4 Å². The van der Waals surface area contributed by atoms with Gasteiger partial charge in [0, 0.05) is 21.2 Å². The van der Waals surface area contributed by atoms with Crippen LogP contribution >= 0.6 is 11.3 Å². The van der Waals surface area contributed by atoms with E-state index in [1.54, 1.807) is 0 Å². The fraction of sp³-hybridized carbons (Fsp3) is 0. The Morgan fingerprint density at radius 1 is 0.944 bits per heavy atom. The molecule has 3 rings (SSSR count). The number of nitrogen functional groups attached to an aromatic ring is 1. The van der Waals surface area contributed by atoms with Gasteiger partial charge in [-0.15, -0.1) is 11.3 Å². The number of anilines is 1. The molecule has 0 amide bonds. The second-order valence-corrected chi connectivity index (χ2v) is 5.09. The Labute approximate surface area is 106 Å². The summed E-state index contributed by atoms with van der Waals surface area (Å²) in [5, 5.41) is 1.04. The molecule has 0 bridgehead atoms. The molecule has 0 fully saturated rings. The predicted octanol–water partition coefficient (Wildman–Crippen LogP) is 4.43. The molecular formula is C14H9F2NS. The molecule has 4 heteroatoms. The SMILES string of the molecule is Nc1cc(-c2cc3ccccc3s2)c(F)cc1F. The highest BCUT2D eigenvalue weighted by molar-refractivity contribution is 7.22. The van der Waals surface area contributed by atoms with Crippen LogP contribution in [0.25, 0.3) is 20.5 Å². The van der Waals surface area contributed by atoms with Gasteiger partial charge in [0.15, 0.2) is 0 Å². The Kier molecular flexibility index (Phi) is 2.52. The molecule has 1 aromatic heterocycles. The molecule has 0 aliphatic carbocycles. The van der Waals surface area contributed by atoms with Crippen molar-refractivity contribution >= 4 is 27.1 Å². The maximum absolute atomic E-state index is 13.8. The maximum Gasteiger partial charge on any atom is 0.149 e. The molecule has 90 valence electrons. The molecule has 1 heterocycles. The third kappa shape index (κ3) is 1.75. The van der Waals surface area contributed by atoms with Gasteiger partial charge in [0.2, 0.25) is 0 Å². The van der Waals surface area contributed by atoms with Crippen LogP contribution in [0.2, 0.25) is 0 Å². The number of thiophene rings is 1. The van der Waals surface area contributed by atoms with Gasteiger partial charge in [0.05, 0.1) is 5.69 Å². The molecule has 3 aromatic rings. The summed E-state index contributed by atoms with van der Waals surface area (Å²) in [6, 6.07) is 11.8. The first kappa shape index (κ1) is 11.2. The second kappa shape index (κ2) is 4.07. The van der Waals surface area contributed by atoms with Crippen LogP contribution in [0.3, 0.4) is 0 Å². The van der Waals surface area contributed by atoms with Crippen LogP contribution < -0.4 is 5.73 Å². The van der Waals surface area contributed by atoms with Crippen LogP contribution in [0, 0.1) is 11.6 Å². The van der Waals surface area contributed by atoms with Crippen molar-refractivity contribution in [2.24, 2.45) is 0 Å². The van der Waals surface area contributed by atoms with E-state index >= 15 is 0 Å². The Balaban J connectivity index is 2.22. The van der Waals surface area contributed by atoms with Crippen molar-refractivity contribution < 1.29 is 8.78 Å². The molecule has 0 radical (unpaired) electrons. The monoisotopic (exact) mass is 261 g/mol. The smallest absolute Gasteiger partial charge is 0.149 e. The lowest BCUT2D eigenvalue weighted by Crippen LogP contribution is -1.93. The van der Waals surface area contributed by atoms with Crippen LogP contribution in [-0.4, -0.2) is 0 Å². The summed E-state index contributed by atoms with van der Waals surface area (Å²) in [4.78, 5) is 0.750. The zero-order chi connectivity index (χ0) is 12.7. The van der Waals surface area contributed by atoms with E-state index in [2.05, 4.69) is 0 Å². The lowest BCUT2D eigenvalue weighted by molar-refractivity contribution is 0.589. The van der Waals surface area contributed by atoms with Gasteiger partial charge in [0.25, 0.3) is 0 Å². The van der Waals surface area contributed by atoms with Crippen molar-refractivity contribution in [1.82, 2.24) is 0 Å². The standard InChI is InChI=1S/C14H9F2NS/c15-10-7-11(16)12(17)6-9(10)14-5-8-3-1-2-4-13(8)18-14/h1-7H,17H2. The highest BCUT2D eigenvalue weighted by atomic mass is 32.1. The van der Waals surface area contributed by atoms with E-state index in [0.717, 1.165) is 21.0 Å². The van der Waals surface area contributed by atoms with Crippen LogP contribution in [0.4, 0.5) is 14.5 Å². The Morgan fingerprint density at radius 3 is 2.50 bits per heavy atom. The third-order valence-corrected chi connectivity index (χ3v) is 3.93. The minimum Gasteiger partial charge on any atom is -0.396 e. The zero-order valence-electron chi connectivity index (χ0n) is 9.28. The fourth-order valence-corrected chi connectivity index (χ4v) is 2.95. The summed E-state index contributed by atoms with van der Waals surface area (Å²) in [5.74, 6) is -1.31. The van der Waals surface area contributed by atoms with Crippen LogP contribution in [0.15, 0.2) is 42.5 Å². The van der Waals surface area contributed by atoms with Crippen LogP contribution in [0.5, 0.6) is 0 Å². The van der Waals surface area contributed by atoms with E-state index in [9.17, 15) is 8.78 Å². The van der Waals surface area contributed by atoms with Gasteiger partial charge in [-0.05, 0) is 23.6 Å². The summed E-state index contributed by atoms with van der Waals surface area (Å²) in [6.45, 7) is 0. The summed E-state index contributed by atoms with van der Waals surface area (Å²) >= 11 is 1.46. The minimum atomic E-state index is -0.725. The second-order valence-electron chi connectivity index (χ2n) is 4.00. The van der Waals surface area contributed by atoms with Gasteiger partial charge in [-0.3, -0.25) is 0 Å². The fourth-order valence-electron chi connectivity index (χ4n) is 1.87. The topological polar surface area (TPSA) is 26.0 Å². The Morgan fingerprint density at radius 2 is 1.72 bits per heavy atom. The molecular weight excluding hydrogens is 252 g/mol. The number of hydrogen-bond acceptors (Lipinski definition) is 2. The van der Waals surface area contributed by atoms with Gasteiger partial charge in [-0.1, -0.05) is 18.2 Å². The van der Waals surface area contributed by atoms with Gasteiger partial charge < -0.3 is 5.73 Å². The highest BCUT2D eigenvalue weighted by Gasteiger charge is 2.12. The van der Waals surface area contributed by atoms with E-state index < -0.39 is 11.6 Å². The maximum atomic E-state index is 13.8. The zero-order valence-corrected chi connectivity index (χ0v) is 10.1. The van der Waals surface area contributed by atoms with Gasteiger partial charge in [-0.25, -0.2) is 8.78 Å². The minimum absolute atomic E-state index is 0.0381. The molecule has 18 heavy (non-hydrogen) atoms. The predicted molar refractivity (Wildman–Crippen MR) is 71.6 cm³/mol. The van der Waals surface area contributed by atoms with Crippen molar-refractivity contribution in [2.75, 3.05) is 5.73 Å². The first-order valence-corrected chi connectivity index (χ1v) is 6.20. The number of hydrogen-bond donors (Lipinski definition) is 1. The molecule has 0 spiro atoms. The van der Waals surface area contributed by atoms with Crippen LogP contribution in [-0.2, 0) is 0 Å². The van der Waals surface area contributed by atoms with E-state index in [0.29, 0.717) is 5.56 Å². The summed E-state index contributed by atoms with van der Waals surface area (Å²) in [7, 11) is 0.